The van der Waals surface area contributed by atoms with Gasteiger partial charge in [-0.05, 0) is 23.8 Å². The number of carbonyl (C=O) groups is 2. The van der Waals surface area contributed by atoms with Gasteiger partial charge < -0.3 is 14.8 Å². The van der Waals surface area contributed by atoms with Crippen molar-refractivity contribution in [3.8, 4) is 17.6 Å². The number of hydrogen-bond donors (Lipinski definition) is 1. The van der Waals surface area contributed by atoms with Crippen molar-refractivity contribution >= 4 is 12.4 Å². The Kier molecular flexibility index (Phi) is 6.83. The summed E-state index contributed by atoms with van der Waals surface area (Å²) in [6.45, 7) is 0.00796. The van der Waals surface area contributed by atoms with E-state index in [4.69, 9.17) is 4.74 Å². The van der Waals surface area contributed by atoms with Crippen LogP contribution in [0.1, 0.15) is 21.5 Å². The Morgan fingerprint density at radius 2 is 1.89 bits per heavy atom. The highest BCUT2D eigenvalue weighted by atomic mass is 19.4. The van der Waals surface area contributed by atoms with Crippen LogP contribution in [0.2, 0.25) is 0 Å². The van der Waals surface area contributed by atoms with Crippen LogP contribution in [0.15, 0.2) is 48.5 Å². The Hall–Kier alpha value is -3.47. The van der Waals surface area contributed by atoms with E-state index in [0.29, 0.717) is 6.29 Å². The third-order valence-electron chi connectivity index (χ3n) is 3.07. The number of aldehydes is 1. The van der Waals surface area contributed by atoms with Crippen LogP contribution < -0.4 is 10.1 Å². The van der Waals surface area contributed by atoms with E-state index in [1.807, 2.05) is 18.2 Å². The summed E-state index contributed by atoms with van der Waals surface area (Å²) in [4.78, 5) is 22.4. The maximum atomic E-state index is 12.3. The first kappa shape index (κ1) is 19.8. The average Bonchev–Trinajstić information content (AvgIpc) is 2.63. The summed E-state index contributed by atoms with van der Waals surface area (Å²) in [6, 6.07) is 12.4. The van der Waals surface area contributed by atoms with Crippen LogP contribution in [0.3, 0.4) is 0 Å². The third kappa shape index (κ3) is 7.52. The fourth-order valence-electron chi connectivity index (χ4n) is 1.99. The monoisotopic (exact) mass is 377 g/mol. The van der Waals surface area contributed by atoms with Gasteiger partial charge in [0.1, 0.15) is 18.6 Å². The van der Waals surface area contributed by atoms with Crippen molar-refractivity contribution in [1.82, 2.24) is 5.32 Å². The second kappa shape index (κ2) is 9.29. The van der Waals surface area contributed by atoms with Crippen LogP contribution in [0.25, 0.3) is 0 Å². The highest BCUT2D eigenvalue weighted by molar-refractivity contribution is 5.76. The summed E-state index contributed by atoms with van der Waals surface area (Å²) in [5, 5.41) is 2.39. The molecule has 2 rings (SSSR count). The third-order valence-corrected chi connectivity index (χ3v) is 3.07. The predicted molar refractivity (Wildman–Crippen MR) is 90.0 cm³/mol. The minimum absolute atomic E-state index is 0.0173. The predicted octanol–water partition coefficient (Wildman–Crippen LogP) is 3.68. The number of carbonyl (C=O) groups excluding carboxylic acids is 2. The SMILES string of the molecule is O=Cc1cc(C#CCNC(=O)OCc2ccccc2)cc(OC(F)(F)F)c1. The fraction of sp³-hybridized carbons (Fsp3) is 0.158. The number of ether oxygens (including phenoxy) is 2. The molecule has 0 radical (unpaired) electrons. The van der Waals surface area contributed by atoms with Gasteiger partial charge in [0.05, 0.1) is 6.54 Å². The highest BCUT2D eigenvalue weighted by Gasteiger charge is 2.31. The molecular weight excluding hydrogens is 363 g/mol. The molecule has 0 bridgehead atoms. The van der Waals surface area contributed by atoms with Crippen LogP contribution >= 0.6 is 0 Å². The van der Waals surface area contributed by atoms with E-state index in [2.05, 4.69) is 21.9 Å². The fourth-order valence-corrected chi connectivity index (χ4v) is 1.99. The van der Waals surface area contributed by atoms with Crippen molar-refractivity contribution in [1.29, 1.82) is 0 Å². The van der Waals surface area contributed by atoms with E-state index in [1.54, 1.807) is 12.1 Å². The Morgan fingerprint density at radius 1 is 1.15 bits per heavy atom. The summed E-state index contributed by atoms with van der Waals surface area (Å²) >= 11 is 0. The molecular formula is C19H14F3NO4. The van der Waals surface area contributed by atoms with Crippen LogP contribution in [-0.4, -0.2) is 25.3 Å². The Morgan fingerprint density at radius 3 is 2.56 bits per heavy atom. The van der Waals surface area contributed by atoms with E-state index in [1.165, 1.54) is 6.07 Å². The summed E-state index contributed by atoms with van der Waals surface area (Å²) in [5.41, 5.74) is 0.941. The summed E-state index contributed by atoms with van der Waals surface area (Å²) in [5.74, 6) is 4.56. The summed E-state index contributed by atoms with van der Waals surface area (Å²) in [7, 11) is 0. The number of halogens is 3. The van der Waals surface area contributed by atoms with Crippen LogP contribution in [-0.2, 0) is 11.3 Å². The number of nitrogens with one attached hydrogen (secondary N) is 1. The number of amides is 1. The van der Waals surface area contributed by atoms with E-state index in [9.17, 15) is 22.8 Å². The second-order valence-electron chi connectivity index (χ2n) is 5.17. The quantitative estimate of drug-likeness (QED) is 0.638. The molecule has 2 aromatic rings. The molecule has 0 aliphatic heterocycles. The molecule has 0 spiro atoms. The van der Waals surface area contributed by atoms with Crippen molar-refractivity contribution in [3.05, 3.63) is 65.2 Å². The zero-order valence-electron chi connectivity index (χ0n) is 13.9. The summed E-state index contributed by atoms with van der Waals surface area (Å²) in [6.07, 6.45) is -5.18. The minimum Gasteiger partial charge on any atom is -0.445 e. The Bertz CT molecular complexity index is 855. The molecule has 140 valence electrons. The number of hydrogen-bond acceptors (Lipinski definition) is 4. The topological polar surface area (TPSA) is 64.6 Å². The van der Waals surface area contributed by atoms with Crippen molar-refractivity contribution in [2.75, 3.05) is 6.54 Å². The lowest BCUT2D eigenvalue weighted by molar-refractivity contribution is -0.274. The lowest BCUT2D eigenvalue weighted by Crippen LogP contribution is -2.24. The Balaban J connectivity index is 1.90. The maximum Gasteiger partial charge on any atom is 0.573 e. The molecule has 1 amide bonds. The molecule has 0 aliphatic rings. The molecule has 0 atom stereocenters. The zero-order chi connectivity index (χ0) is 19.7. The first-order chi connectivity index (χ1) is 12.9. The van der Waals surface area contributed by atoms with Crippen LogP contribution in [0.5, 0.6) is 5.75 Å². The molecule has 0 aromatic heterocycles. The molecule has 0 saturated heterocycles. The maximum absolute atomic E-state index is 12.3. The number of alkyl carbamates (subject to hydrolysis) is 1. The molecule has 0 saturated carbocycles. The smallest absolute Gasteiger partial charge is 0.445 e. The van der Waals surface area contributed by atoms with Gasteiger partial charge in [0.15, 0.2) is 0 Å². The minimum atomic E-state index is -4.88. The van der Waals surface area contributed by atoms with Crippen molar-refractivity contribution in [3.63, 3.8) is 0 Å². The first-order valence-electron chi connectivity index (χ1n) is 7.65. The van der Waals surface area contributed by atoms with Gasteiger partial charge in [-0.15, -0.1) is 13.2 Å². The van der Waals surface area contributed by atoms with Gasteiger partial charge in [-0.1, -0.05) is 42.2 Å². The van der Waals surface area contributed by atoms with Gasteiger partial charge in [0.25, 0.3) is 0 Å². The standard InChI is InChI=1S/C19H14F3NO4/c20-19(21,22)27-17-10-15(9-16(11-17)12-24)7-4-8-23-18(25)26-13-14-5-2-1-3-6-14/h1-3,5-6,9-12H,8,13H2,(H,23,25). The molecule has 0 fully saturated rings. The van der Waals surface area contributed by atoms with Gasteiger partial charge in [0, 0.05) is 11.1 Å². The van der Waals surface area contributed by atoms with Crippen molar-refractivity contribution < 1.29 is 32.2 Å². The van der Waals surface area contributed by atoms with Crippen LogP contribution in [0.4, 0.5) is 18.0 Å². The largest absolute Gasteiger partial charge is 0.573 e. The van der Waals surface area contributed by atoms with Gasteiger partial charge in [-0.2, -0.15) is 0 Å². The van der Waals surface area contributed by atoms with E-state index >= 15 is 0 Å². The van der Waals surface area contributed by atoms with Gasteiger partial charge >= 0.3 is 12.5 Å². The van der Waals surface area contributed by atoms with E-state index in [-0.39, 0.29) is 24.3 Å². The van der Waals surface area contributed by atoms with Gasteiger partial charge in [-0.3, -0.25) is 4.79 Å². The molecule has 8 heteroatoms. The molecule has 5 nitrogen and oxygen atoms in total. The van der Waals surface area contributed by atoms with E-state index < -0.39 is 18.2 Å². The highest BCUT2D eigenvalue weighted by Crippen LogP contribution is 2.24. The number of alkyl halides is 3. The van der Waals surface area contributed by atoms with E-state index in [0.717, 1.165) is 17.7 Å². The van der Waals surface area contributed by atoms with Gasteiger partial charge in [0.2, 0.25) is 0 Å². The van der Waals surface area contributed by atoms with Crippen LogP contribution in [0, 0.1) is 11.8 Å². The molecule has 27 heavy (non-hydrogen) atoms. The molecule has 0 heterocycles. The van der Waals surface area contributed by atoms with Crippen molar-refractivity contribution in [2.24, 2.45) is 0 Å². The van der Waals surface area contributed by atoms with Crippen molar-refractivity contribution in [2.45, 2.75) is 13.0 Å². The van der Waals surface area contributed by atoms with Gasteiger partial charge in [-0.25, -0.2) is 4.79 Å². The second-order valence-corrected chi connectivity index (χ2v) is 5.17. The number of benzene rings is 2. The summed E-state index contributed by atoms with van der Waals surface area (Å²) < 4.78 is 45.6. The average molecular weight is 377 g/mol. The number of rotatable bonds is 5. The molecule has 0 aliphatic carbocycles. The molecule has 2 aromatic carbocycles. The molecule has 0 unspecified atom stereocenters. The lowest BCUT2D eigenvalue weighted by atomic mass is 10.1. The molecule has 1 N–H and O–H groups in total. The Labute approximate surface area is 153 Å². The first-order valence-corrected chi connectivity index (χ1v) is 7.65. The normalized spacial score (nSPS) is 10.3. The zero-order valence-corrected chi connectivity index (χ0v) is 13.9. The lowest BCUT2D eigenvalue weighted by Gasteiger charge is -2.09.